The zero-order valence-corrected chi connectivity index (χ0v) is 8.24. The van der Waals surface area contributed by atoms with Crippen molar-refractivity contribution < 1.29 is 0 Å². The molecule has 0 atom stereocenters. The van der Waals surface area contributed by atoms with Gasteiger partial charge in [0.15, 0.2) is 0 Å². The van der Waals surface area contributed by atoms with E-state index < -0.39 is 0 Å². The Balaban J connectivity index is 2.86. The molecule has 0 aliphatic carbocycles. The third kappa shape index (κ3) is 1.13. The topological polar surface area (TPSA) is 17.3 Å². The summed E-state index contributed by atoms with van der Waals surface area (Å²) in [5, 5.41) is 0. The monoisotopic (exact) mass is 258 g/mol. The van der Waals surface area contributed by atoms with E-state index in [1.807, 2.05) is 16.8 Å². The first-order chi connectivity index (χ1) is 5.27. The van der Waals surface area contributed by atoms with Crippen molar-refractivity contribution in [3.63, 3.8) is 0 Å². The number of rotatable bonds is 0. The van der Waals surface area contributed by atoms with Crippen molar-refractivity contribution in [1.29, 1.82) is 0 Å². The molecular formula is C8H7IN2. The van der Waals surface area contributed by atoms with Crippen LogP contribution in [-0.2, 0) is 0 Å². The Morgan fingerprint density at radius 3 is 3.18 bits per heavy atom. The van der Waals surface area contributed by atoms with Crippen LogP contribution in [0.25, 0.3) is 5.65 Å². The summed E-state index contributed by atoms with van der Waals surface area (Å²) in [6.07, 6.45) is 5.85. The molecule has 56 valence electrons. The van der Waals surface area contributed by atoms with Crippen molar-refractivity contribution in [2.24, 2.45) is 0 Å². The Kier molecular flexibility index (Phi) is 1.60. The average Bonchev–Trinajstić information content (AvgIpc) is 2.36. The molecule has 0 radical (unpaired) electrons. The van der Waals surface area contributed by atoms with Crippen LogP contribution in [0.4, 0.5) is 0 Å². The van der Waals surface area contributed by atoms with Crippen molar-refractivity contribution in [2.75, 3.05) is 0 Å². The van der Waals surface area contributed by atoms with Crippen molar-refractivity contribution in [3.05, 3.63) is 33.8 Å². The first kappa shape index (κ1) is 7.09. The van der Waals surface area contributed by atoms with E-state index in [0.29, 0.717) is 0 Å². The van der Waals surface area contributed by atoms with Gasteiger partial charge in [0.25, 0.3) is 0 Å². The largest absolute Gasteiger partial charge is 0.306 e. The number of nitrogens with zero attached hydrogens (tertiary/aromatic N) is 2. The van der Waals surface area contributed by atoms with Gasteiger partial charge in [-0.05, 0) is 41.1 Å². The van der Waals surface area contributed by atoms with Crippen LogP contribution >= 0.6 is 22.6 Å². The summed E-state index contributed by atoms with van der Waals surface area (Å²) in [6.45, 7) is 2.09. The van der Waals surface area contributed by atoms with Crippen molar-refractivity contribution >= 4 is 28.2 Å². The summed E-state index contributed by atoms with van der Waals surface area (Å²) in [7, 11) is 0. The van der Waals surface area contributed by atoms with Crippen molar-refractivity contribution in [3.8, 4) is 0 Å². The number of pyridine rings is 1. The lowest BCUT2D eigenvalue weighted by Crippen LogP contribution is -1.87. The number of hydrogen-bond donors (Lipinski definition) is 0. The average molecular weight is 258 g/mol. The second-order valence-electron chi connectivity index (χ2n) is 2.50. The minimum atomic E-state index is 1.02. The van der Waals surface area contributed by atoms with Crippen molar-refractivity contribution in [1.82, 2.24) is 9.38 Å². The van der Waals surface area contributed by atoms with Crippen LogP contribution in [0, 0.1) is 10.5 Å². The van der Waals surface area contributed by atoms with E-state index in [1.165, 1.54) is 9.13 Å². The van der Waals surface area contributed by atoms with Gasteiger partial charge >= 0.3 is 0 Å². The number of hydrogen-bond acceptors (Lipinski definition) is 1. The molecule has 0 amide bonds. The maximum Gasteiger partial charge on any atom is 0.136 e. The van der Waals surface area contributed by atoms with Crippen molar-refractivity contribution in [2.45, 2.75) is 6.92 Å². The van der Waals surface area contributed by atoms with E-state index in [2.05, 4.69) is 46.8 Å². The molecule has 11 heavy (non-hydrogen) atoms. The standard InChI is InChI=1S/C8H7IN2/c1-6-4-8-10-2-3-11(8)5-7(6)9/h2-5H,1H3. The van der Waals surface area contributed by atoms with E-state index in [1.54, 1.807) is 0 Å². The second kappa shape index (κ2) is 2.48. The highest BCUT2D eigenvalue weighted by molar-refractivity contribution is 14.1. The zero-order valence-electron chi connectivity index (χ0n) is 6.08. The first-order valence-corrected chi connectivity index (χ1v) is 4.44. The molecule has 2 rings (SSSR count). The smallest absolute Gasteiger partial charge is 0.136 e. The first-order valence-electron chi connectivity index (χ1n) is 3.36. The quantitative estimate of drug-likeness (QED) is 0.662. The molecule has 0 aliphatic heterocycles. The number of imidazole rings is 1. The molecule has 0 unspecified atom stereocenters. The molecule has 0 N–H and O–H groups in total. The third-order valence-electron chi connectivity index (χ3n) is 1.67. The van der Waals surface area contributed by atoms with Crippen LogP contribution in [0.3, 0.4) is 0 Å². The van der Waals surface area contributed by atoms with E-state index in [-0.39, 0.29) is 0 Å². The molecule has 0 bridgehead atoms. The highest BCUT2D eigenvalue weighted by atomic mass is 127. The van der Waals surface area contributed by atoms with Crippen LogP contribution in [0.2, 0.25) is 0 Å². The van der Waals surface area contributed by atoms with Gasteiger partial charge in [0.2, 0.25) is 0 Å². The van der Waals surface area contributed by atoms with Gasteiger partial charge < -0.3 is 4.40 Å². The minimum absolute atomic E-state index is 1.02. The summed E-state index contributed by atoms with van der Waals surface area (Å²) in [5.74, 6) is 0. The Morgan fingerprint density at radius 2 is 2.36 bits per heavy atom. The summed E-state index contributed by atoms with van der Waals surface area (Å²) in [6, 6.07) is 2.09. The fourth-order valence-electron chi connectivity index (χ4n) is 1.03. The van der Waals surface area contributed by atoms with Gasteiger partial charge in [-0.3, -0.25) is 0 Å². The molecule has 2 aromatic heterocycles. The molecular weight excluding hydrogens is 251 g/mol. The Labute approximate surface area is 78.4 Å². The highest BCUT2D eigenvalue weighted by Crippen LogP contribution is 2.12. The fourth-order valence-corrected chi connectivity index (χ4v) is 1.49. The number of halogens is 1. The van der Waals surface area contributed by atoms with Gasteiger partial charge in [-0.1, -0.05) is 0 Å². The predicted molar refractivity (Wildman–Crippen MR) is 52.6 cm³/mol. The normalized spacial score (nSPS) is 10.7. The predicted octanol–water partition coefficient (Wildman–Crippen LogP) is 2.25. The summed E-state index contributed by atoms with van der Waals surface area (Å²) in [4.78, 5) is 4.18. The molecule has 0 saturated carbocycles. The van der Waals surface area contributed by atoms with Gasteiger partial charge in [-0.15, -0.1) is 0 Å². The maximum atomic E-state index is 4.18. The lowest BCUT2D eigenvalue weighted by atomic mass is 10.3. The van der Waals surface area contributed by atoms with E-state index in [9.17, 15) is 0 Å². The summed E-state index contributed by atoms with van der Waals surface area (Å²) < 4.78 is 3.29. The number of fused-ring (bicyclic) bond motifs is 1. The van der Waals surface area contributed by atoms with Gasteiger partial charge in [-0.2, -0.15) is 0 Å². The van der Waals surface area contributed by atoms with Gasteiger partial charge in [0.05, 0.1) is 0 Å². The van der Waals surface area contributed by atoms with Crippen LogP contribution in [-0.4, -0.2) is 9.38 Å². The van der Waals surface area contributed by atoms with E-state index in [0.717, 1.165) is 5.65 Å². The number of aryl methyl sites for hydroxylation is 1. The lowest BCUT2D eigenvalue weighted by Gasteiger charge is -1.98. The molecule has 0 aliphatic rings. The van der Waals surface area contributed by atoms with Crippen LogP contribution in [0.15, 0.2) is 24.7 Å². The maximum absolute atomic E-state index is 4.18. The molecule has 0 fully saturated rings. The zero-order chi connectivity index (χ0) is 7.84. The molecule has 2 nitrogen and oxygen atoms in total. The SMILES string of the molecule is Cc1cc2nccn2cc1I. The summed E-state index contributed by atoms with van der Waals surface area (Å²) in [5.41, 5.74) is 2.30. The molecule has 3 heteroatoms. The lowest BCUT2D eigenvalue weighted by molar-refractivity contribution is 1.15. The van der Waals surface area contributed by atoms with E-state index >= 15 is 0 Å². The minimum Gasteiger partial charge on any atom is -0.306 e. The summed E-state index contributed by atoms with van der Waals surface area (Å²) >= 11 is 2.32. The van der Waals surface area contributed by atoms with Gasteiger partial charge in [0.1, 0.15) is 5.65 Å². The molecule has 0 aromatic carbocycles. The Bertz CT molecular complexity index is 356. The Hall–Kier alpha value is -0.580. The molecule has 2 heterocycles. The van der Waals surface area contributed by atoms with Gasteiger partial charge in [-0.25, -0.2) is 4.98 Å². The number of aromatic nitrogens is 2. The third-order valence-corrected chi connectivity index (χ3v) is 2.80. The Morgan fingerprint density at radius 1 is 1.55 bits per heavy atom. The van der Waals surface area contributed by atoms with Crippen LogP contribution in [0.5, 0.6) is 0 Å². The second-order valence-corrected chi connectivity index (χ2v) is 3.66. The van der Waals surface area contributed by atoms with Crippen LogP contribution in [0.1, 0.15) is 5.56 Å². The fraction of sp³-hybridized carbons (Fsp3) is 0.125. The highest BCUT2D eigenvalue weighted by Gasteiger charge is 1.97. The molecule has 2 aromatic rings. The van der Waals surface area contributed by atoms with Crippen LogP contribution < -0.4 is 0 Å². The molecule has 0 saturated heterocycles. The van der Waals surface area contributed by atoms with E-state index in [4.69, 9.17) is 0 Å². The van der Waals surface area contributed by atoms with Gasteiger partial charge in [0, 0.05) is 22.2 Å². The molecule has 0 spiro atoms.